The van der Waals surface area contributed by atoms with Crippen LogP contribution in [0.2, 0.25) is 0 Å². The second kappa shape index (κ2) is 4.94. The summed E-state index contributed by atoms with van der Waals surface area (Å²) >= 11 is 0. The van der Waals surface area contributed by atoms with Crippen LogP contribution in [0.4, 0.5) is 0 Å². The van der Waals surface area contributed by atoms with Crippen molar-refractivity contribution in [3.63, 3.8) is 0 Å². The number of rotatable bonds is 3. The highest BCUT2D eigenvalue weighted by atomic mass is 16.4. The number of carbonyl (C=O) groups is 2. The van der Waals surface area contributed by atoms with Gasteiger partial charge in [-0.25, -0.2) is 0 Å². The third kappa shape index (κ3) is 2.18. The van der Waals surface area contributed by atoms with Crippen LogP contribution in [0.5, 0.6) is 0 Å². The van der Waals surface area contributed by atoms with Gasteiger partial charge in [0, 0.05) is 31.0 Å². The van der Waals surface area contributed by atoms with E-state index in [1.807, 2.05) is 6.92 Å². The zero-order chi connectivity index (χ0) is 13.3. The number of carbonyl (C=O) groups excluding carboxylic acids is 2. The zero-order valence-electron chi connectivity index (χ0n) is 10.7. The molecule has 1 heterocycles. The Bertz CT molecular complexity index is 491. The van der Waals surface area contributed by atoms with Gasteiger partial charge in [0.05, 0.1) is 5.56 Å². The van der Waals surface area contributed by atoms with Crippen molar-refractivity contribution in [2.45, 2.75) is 39.2 Å². The van der Waals surface area contributed by atoms with Crippen molar-refractivity contribution in [2.24, 2.45) is 5.73 Å². The number of ketones is 1. The van der Waals surface area contributed by atoms with Gasteiger partial charge in [-0.2, -0.15) is 0 Å². The molecule has 0 fully saturated rings. The van der Waals surface area contributed by atoms with E-state index in [9.17, 15) is 9.59 Å². The summed E-state index contributed by atoms with van der Waals surface area (Å²) in [6.07, 6.45) is 2.05. The number of nitrogens with one attached hydrogen (secondary N) is 1. The predicted molar refractivity (Wildman–Crippen MR) is 66.7 cm³/mol. The molecule has 0 spiro atoms. The maximum Gasteiger partial charge on any atom is 0.287 e. The molecule has 1 atom stereocenters. The molecule has 1 aromatic rings. The molecule has 1 aromatic heterocycles. The van der Waals surface area contributed by atoms with Crippen molar-refractivity contribution in [1.82, 2.24) is 5.32 Å². The highest BCUT2D eigenvalue weighted by molar-refractivity contribution is 6.03. The monoisotopic (exact) mass is 250 g/mol. The number of aryl methyl sites for hydroxylation is 1. The van der Waals surface area contributed by atoms with Crippen molar-refractivity contribution in [1.29, 1.82) is 0 Å². The van der Waals surface area contributed by atoms with Crippen molar-refractivity contribution in [3.05, 3.63) is 22.6 Å². The standard InChI is InChI=1S/C13H18N2O3/c1-7(6-14)15-13(17)12-8(2)11-9(16)4-3-5-10(11)18-12/h7H,3-6,14H2,1-2H3,(H,15,17)/t7-/m0/s1. The topological polar surface area (TPSA) is 85.3 Å². The number of amides is 1. The van der Waals surface area contributed by atoms with E-state index in [0.717, 1.165) is 12.8 Å². The second-order valence-electron chi connectivity index (χ2n) is 4.74. The Hall–Kier alpha value is -1.62. The SMILES string of the molecule is Cc1c(C(=O)N[C@@H](C)CN)oc2c1C(=O)CCC2. The minimum absolute atomic E-state index is 0.0726. The van der Waals surface area contributed by atoms with Gasteiger partial charge in [0.15, 0.2) is 11.5 Å². The van der Waals surface area contributed by atoms with Crippen LogP contribution in [0.1, 0.15) is 52.0 Å². The highest BCUT2D eigenvalue weighted by Gasteiger charge is 2.28. The van der Waals surface area contributed by atoms with E-state index in [2.05, 4.69) is 5.32 Å². The van der Waals surface area contributed by atoms with Crippen LogP contribution in [0.15, 0.2) is 4.42 Å². The average molecular weight is 250 g/mol. The summed E-state index contributed by atoms with van der Waals surface area (Å²) in [5, 5.41) is 2.74. The summed E-state index contributed by atoms with van der Waals surface area (Å²) in [6.45, 7) is 3.94. The van der Waals surface area contributed by atoms with Crippen LogP contribution in [-0.4, -0.2) is 24.3 Å². The van der Waals surface area contributed by atoms with Gasteiger partial charge in [0.1, 0.15) is 5.76 Å². The third-order valence-corrected chi connectivity index (χ3v) is 3.24. The van der Waals surface area contributed by atoms with Gasteiger partial charge in [-0.1, -0.05) is 0 Å². The van der Waals surface area contributed by atoms with Crippen molar-refractivity contribution in [3.8, 4) is 0 Å². The molecule has 0 aliphatic heterocycles. The normalized spacial score (nSPS) is 16.3. The van der Waals surface area contributed by atoms with E-state index < -0.39 is 0 Å². The Balaban J connectivity index is 2.30. The first kappa shape index (κ1) is 12.8. The van der Waals surface area contributed by atoms with Crippen LogP contribution < -0.4 is 11.1 Å². The maximum atomic E-state index is 12.0. The van der Waals surface area contributed by atoms with Crippen LogP contribution in [0, 0.1) is 6.92 Å². The summed E-state index contributed by atoms with van der Waals surface area (Å²) in [6, 6.07) is -0.116. The van der Waals surface area contributed by atoms with Gasteiger partial charge in [-0.15, -0.1) is 0 Å². The van der Waals surface area contributed by atoms with Gasteiger partial charge in [0.25, 0.3) is 5.91 Å². The molecule has 18 heavy (non-hydrogen) atoms. The van der Waals surface area contributed by atoms with E-state index >= 15 is 0 Å². The molecule has 5 nitrogen and oxygen atoms in total. The fourth-order valence-corrected chi connectivity index (χ4v) is 2.21. The average Bonchev–Trinajstić information content (AvgIpc) is 2.68. The number of furan rings is 1. The molecule has 1 amide bonds. The van der Waals surface area contributed by atoms with Crippen LogP contribution in [0.3, 0.4) is 0 Å². The molecule has 5 heteroatoms. The molecule has 1 aliphatic carbocycles. The van der Waals surface area contributed by atoms with Gasteiger partial charge < -0.3 is 15.5 Å². The first-order valence-corrected chi connectivity index (χ1v) is 6.21. The molecule has 3 N–H and O–H groups in total. The lowest BCUT2D eigenvalue weighted by Gasteiger charge is -2.09. The van der Waals surface area contributed by atoms with E-state index in [1.54, 1.807) is 6.92 Å². The quantitative estimate of drug-likeness (QED) is 0.843. The summed E-state index contributed by atoms with van der Waals surface area (Å²) < 4.78 is 5.54. The molecular formula is C13H18N2O3. The summed E-state index contributed by atoms with van der Waals surface area (Å²) in [5.74, 6) is 0.668. The van der Waals surface area contributed by atoms with E-state index in [0.29, 0.717) is 29.9 Å². The number of nitrogens with two attached hydrogens (primary N) is 1. The number of Topliss-reactive ketones (excluding diaryl/α,β-unsaturated/α-hetero) is 1. The Morgan fingerprint density at radius 3 is 2.83 bits per heavy atom. The fraction of sp³-hybridized carbons (Fsp3) is 0.538. The van der Waals surface area contributed by atoms with Crippen molar-refractivity contribution < 1.29 is 14.0 Å². The highest BCUT2D eigenvalue weighted by Crippen LogP contribution is 2.29. The summed E-state index contributed by atoms with van der Waals surface area (Å²) in [4.78, 5) is 23.8. The first-order valence-electron chi connectivity index (χ1n) is 6.21. The lowest BCUT2D eigenvalue weighted by atomic mass is 9.94. The Morgan fingerprint density at radius 2 is 2.22 bits per heavy atom. The molecule has 1 aliphatic rings. The minimum atomic E-state index is -0.298. The first-order chi connectivity index (χ1) is 8.54. The smallest absolute Gasteiger partial charge is 0.287 e. The van der Waals surface area contributed by atoms with Crippen LogP contribution >= 0.6 is 0 Å². The van der Waals surface area contributed by atoms with Crippen LogP contribution in [-0.2, 0) is 6.42 Å². The second-order valence-corrected chi connectivity index (χ2v) is 4.74. The summed E-state index contributed by atoms with van der Waals surface area (Å²) in [5.41, 5.74) is 6.71. The zero-order valence-corrected chi connectivity index (χ0v) is 10.7. The number of fused-ring (bicyclic) bond motifs is 1. The third-order valence-electron chi connectivity index (χ3n) is 3.24. The van der Waals surface area contributed by atoms with Crippen molar-refractivity contribution in [2.75, 3.05) is 6.54 Å². The molecule has 0 saturated carbocycles. The molecule has 2 rings (SSSR count). The molecule has 0 bridgehead atoms. The van der Waals surface area contributed by atoms with Gasteiger partial charge in [-0.3, -0.25) is 9.59 Å². The maximum absolute atomic E-state index is 12.0. The lowest BCUT2D eigenvalue weighted by molar-refractivity contribution is 0.0907. The Morgan fingerprint density at radius 1 is 1.50 bits per heavy atom. The van der Waals surface area contributed by atoms with Gasteiger partial charge >= 0.3 is 0 Å². The largest absolute Gasteiger partial charge is 0.455 e. The molecule has 0 unspecified atom stereocenters. The van der Waals surface area contributed by atoms with E-state index in [-0.39, 0.29) is 23.5 Å². The minimum Gasteiger partial charge on any atom is -0.455 e. The Labute approximate surface area is 106 Å². The predicted octanol–water partition coefficient (Wildman–Crippen LogP) is 1.18. The fourth-order valence-electron chi connectivity index (χ4n) is 2.21. The summed E-state index contributed by atoms with van der Waals surface area (Å²) in [7, 11) is 0. The number of hydrogen-bond acceptors (Lipinski definition) is 4. The van der Waals surface area contributed by atoms with Crippen LogP contribution in [0.25, 0.3) is 0 Å². The molecule has 98 valence electrons. The van der Waals surface area contributed by atoms with E-state index in [4.69, 9.17) is 10.2 Å². The molecule has 0 radical (unpaired) electrons. The molecule has 0 saturated heterocycles. The van der Waals surface area contributed by atoms with Gasteiger partial charge in [0.2, 0.25) is 0 Å². The van der Waals surface area contributed by atoms with Gasteiger partial charge in [-0.05, 0) is 20.3 Å². The molecule has 0 aromatic carbocycles. The molecular weight excluding hydrogens is 232 g/mol. The van der Waals surface area contributed by atoms with E-state index in [1.165, 1.54) is 0 Å². The number of hydrogen-bond donors (Lipinski definition) is 2. The Kier molecular flexibility index (Phi) is 3.52. The lowest BCUT2D eigenvalue weighted by Crippen LogP contribution is -2.37. The van der Waals surface area contributed by atoms with Crippen molar-refractivity contribution >= 4 is 11.7 Å².